The number of hydrogen-bond acceptors (Lipinski definition) is 3. The number of carbonyl (C=O) groups excluding carboxylic acids is 1. The number of hydrogen-bond donors (Lipinski definition) is 1. The van der Waals surface area contributed by atoms with Gasteiger partial charge in [-0.1, -0.05) is 41.9 Å². The van der Waals surface area contributed by atoms with Gasteiger partial charge >= 0.3 is 0 Å². The smallest absolute Gasteiger partial charge is 0.282 e. The van der Waals surface area contributed by atoms with Gasteiger partial charge in [0.25, 0.3) is 5.91 Å². The fraction of sp³-hybridized carbons (Fsp3) is 0. The van der Waals surface area contributed by atoms with Crippen LogP contribution in [-0.2, 0) is 4.79 Å². The SMILES string of the molecule is O=C1/C(=C\c2ccccc2Cl)N=C(c2ccccc2F)N1c1ccc(O)cc1. The number of halogens is 2. The van der Waals surface area contributed by atoms with Crippen LogP contribution in [0, 0.1) is 5.82 Å². The van der Waals surface area contributed by atoms with Crippen molar-refractivity contribution in [2.45, 2.75) is 0 Å². The maximum atomic E-state index is 14.4. The van der Waals surface area contributed by atoms with Gasteiger partial charge in [-0.05, 0) is 54.1 Å². The third-order valence-electron chi connectivity index (χ3n) is 4.28. The molecule has 4 rings (SSSR count). The largest absolute Gasteiger partial charge is 0.508 e. The van der Waals surface area contributed by atoms with Gasteiger partial charge in [-0.25, -0.2) is 9.38 Å². The van der Waals surface area contributed by atoms with Crippen LogP contribution < -0.4 is 4.90 Å². The van der Waals surface area contributed by atoms with E-state index < -0.39 is 11.7 Å². The van der Waals surface area contributed by atoms with Gasteiger partial charge in [0.1, 0.15) is 17.3 Å². The highest BCUT2D eigenvalue weighted by Crippen LogP contribution is 2.30. The Hall–Kier alpha value is -3.44. The van der Waals surface area contributed by atoms with E-state index in [2.05, 4.69) is 4.99 Å². The van der Waals surface area contributed by atoms with E-state index >= 15 is 0 Å². The average Bonchev–Trinajstić information content (AvgIpc) is 3.01. The van der Waals surface area contributed by atoms with Crippen molar-refractivity contribution >= 4 is 35.1 Å². The number of nitrogens with zero attached hydrogens (tertiary/aromatic N) is 2. The molecular weight excluding hydrogens is 379 g/mol. The summed E-state index contributed by atoms with van der Waals surface area (Å²) in [7, 11) is 0. The highest BCUT2D eigenvalue weighted by Gasteiger charge is 2.33. The lowest BCUT2D eigenvalue weighted by atomic mass is 10.1. The third-order valence-corrected chi connectivity index (χ3v) is 4.62. The first kappa shape index (κ1) is 17.9. The van der Waals surface area contributed by atoms with Crippen LogP contribution in [0.4, 0.5) is 10.1 Å². The zero-order valence-corrected chi connectivity index (χ0v) is 15.3. The summed E-state index contributed by atoms with van der Waals surface area (Å²) in [6, 6.07) is 19.3. The second kappa shape index (κ2) is 7.29. The van der Waals surface area contributed by atoms with Crippen LogP contribution >= 0.6 is 11.6 Å². The van der Waals surface area contributed by atoms with Gasteiger partial charge < -0.3 is 5.11 Å². The number of aliphatic imine (C=N–C) groups is 1. The molecule has 0 aromatic heterocycles. The molecule has 1 aliphatic rings. The van der Waals surface area contributed by atoms with Crippen molar-refractivity contribution in [2.24, 2.45) is 4.99 Å². The van der Waals surface area contributed by atoms with Gasteiger partial charge in [0.05, 0.1) is 11.3 Å². The minimum atomic E-state index is -0.489. The Labute approximate surface area is 165 Å². The van der Waals surface area contributed by atoms with Gasteiger partial charge in [-0.15, -0.1) is 0 Å². The number of anilines is 1. The molecule has 0 bridgehead atoms. The third kappa shape index (κ3) is 3.28. The molecule has 0 aliphatic carbocycles. The van der Waals surface area contributed by atoms with E-state index in [1.54, 1.807) is 60.7 Å². The van der Waals surface area contributed by atoms with Crippen LogP contribution in [0.25, 0.3) is 6.08 Å². The number of phenols is 1. The predicted molar refractivity (Wildman–Crippen MR) is 108 cm³/mol. The van der Waals surface area contributed by atoms with Crippen LogP contribution in [0.1, 0.15) is 11.1 Å². The maximum absolute atomic E-state index is 14.4. The number of rotatable bonds is 3. The van der Waals surface area contributed by atoms with E-state index in [9.17, 15) is 14.3 Å². The molecular formula is C22H14ClFN2O2. The summed E-state index contributed by atoms with van der Waals surface area (Å²) in [5.74, 6) is -0.667. The minimum absolute atomic E-state index is 0.0617. The van der Waals surface area contributed by atoms with E-state index in [1.807, 2.05) is 0 Å². The van der Waals surface area contributed by atoms with Crippen molar-refractivity contribution in [1.29, 1.82) is 0 Å². The fourth-order valence-corrected chi connectivity index (χ4v) is 3.11. The van der Waals surface area contributed by atoms with Crippen LogP contribution in [0.15, 0.2) is 83.5 Å². The van der Waals surface area contributed by atoms with E-state index in [4.69, 9.17) is 11.6 Å². The van der Waals surface area contributed by atoms with Crippen LogP contribution in [0.5, 0.6) is 5.75 Å². The zero-order valence-electron chi connectivity index (χ0n) is 14.5. The first-order valence-electron chi connectivity index (χ1n) is 8.48. The molecule has 0 atom stereocenters. The van der Waals surface area contributed by atoms with Crippen LogP contribution in [-0.4, -0.2) is 16.8 Å². The van der Waals surface area contributed by atoms with Crippen molar-refractivity contribution in [3.8, 4) is 5.75 Å². The van der Waals surface area contributed by atoms with E-state index in [-0.39, 0.29) is 22.8 Å². The molecule has 1 heterocycles. The normalized spacial score (nSPS) is 15.2. The standard InChI is InChI=1S/C22H14ClFN2O2/c23-18-7-3-1-5-14(18)13-20-22(28)26(15-9-11-16(27)12-10-15)21(25-20)17-6-2-4-8-19(17)24/h1-13,27H/b20-13+. The summed E-state index contributed by atoms with van der Waals surface area (Å²) in [6.07, 6.45) is 1.58. The zero-order chi connectivity index (χ0) is 19.7. The number of aromatic hydroxyl groups is 1. The van der Waals surface area contributed by atoms with E-state index in [0.717, 1.165) is 0 Å². The molecule has 1 N–H and O–H groups in total. The Balaban J connectivity index is 1.87. The second-order valence-electron chi connectivity index (χ2n) is 6.12. The lowest BCUT2D eigenvalue weighted by Gasteiger charge is -2.18. The predicted octanol–water partition coefficient (Wildman–Crippen LogP) is 5.02. The molecule has 3 aromatic rings. The number of carbonyl (C=O) groups is 1. The Bertz CT molecular complexity index is 1120. The van der Waals surface area contributed by atoms with Gasteiger partial charge in [-0.2, -0.15) is 0 Å². The molecule has 0 radical (unpaired) electrons. The molecule has 0 spiro atoms. The molecule has 0 saturated heterocycles. The topological polar surface area (TPSA) is 52.9 Å². The number of amides is 1. The van der Waals surface area contributed by atoms with Crippen molar-refractivity contribution in [3.05, 3.63) is 100 Å². The number of phenolic OH excluding ortho intramolecular Hbond substituents is 1. The lowest BCUT2D eigenvalue weighted by molar-refractivity contribution is -0.113. The van der Waals surface area contributed by atoms with E-state index in [0.29, 0.717) is 16.3 Å². The summed E-state index contributed by atoms with van der Waals surface area (Å²) in [4.78, 5) is 18.8. The minimum Gasteiger partial charge on any atom is -0.508 e. The molecule has 3 aromatic carbocycles. The molecule has 6 heteroatoms. The van der Waals surface area contributed by atoms with Gasteiger partial charge in [0.2, 0.25) is 0 Å². The summed E-state index contributed by atoms with van der Waals surface area (Å²) in [6.45, 7) is 0. The summed E-state index contributed by atoms with van der Waals surface area (Å²) in [5.41, 5.74) is 1.44. The maximum Gasteiger partial charge on any atom is 0.282 e. The fourth-order valence-electron chi connectivity index (χ4n) is 2.92. The average molecular weight is 393 g/mol. The first-order valence-corrected chi connectivity index (χ1v) is 8.86. The Kier molecular flexibility index (Phi) is 4.67. The Morgan fingerprint density at radius 1 is 0.964 bits per heavy atom. The first-order chi connectivity index (χ1) is 13.5. The Morgan fingerprint density at radius 3 is 2.36 bits per heavy atom. The van der Waals surface area contributed by atoms with Gasteiger partial charge in [-0.3, -0.25) is 9.69 Å². The lowest BCUT2D eigenvalue weighted by Crippen LogP contribution is -2.33. The molecule has 0 saturated carbocycles. The van der Waals surface area contributed by atoms with Crippen molar-refractivity contribution in [2.75, 3.05) is 4.90 Å². The van der Waals surface area contributed by atoms with Crippen LogP contribution in [0.3, 0.4) is 0 Å². The molecule has 0 fully saturated rings. The molecule has 0 unspecified atom stereocenters. The molecule has 1 aliphatic heterocycles. The highest BCUT2D eigenvalue weighted by molar-refractivity contribution is 6.34. The van der Waals surface area contributed by atoms with Crippen molar-refractivity contribution in [1.82, 2.24) is 0 Å². The van der Waals surface area contributed by atoms with E-state index in [1.165, 1.54) is 23.1 Å². The molecule has 28 heavy (non-hydrogen) atoms. The number of benzene rings is 3. The van der Waals surface area contributed by atoms with Crippen molar-refractivity contribution in [3.63, 3.8) is 0 Å². The highest BCUT2D eigenvalue weighted by atomic mass is 35.5. The van der Waals surface area contributed by atoms with Gasteiger partial charge in [0, 0.05) is 5.02 Å². The quantitative estimate of drug-likeness (QED) is 0.636. The molecule has 4 nitrogen and oxygen atoms in total. The number of amidine groups is 1. The van der Waals surface area contributed by atoms with Gasteiger partial charge in [0.15, 0.2) is 5.84 Å². The molecule has 1 amide bonds. The monoisotopic (exact) mass is 392 g/mol. The van der Waals surface area contributed by atoms with Crippen molar-refractivity contribution < 1.29 is 14.3 Å². The summed E-state index contributed by atoms with van der Waals surface area (Å²) < 4.78 is 14.4. The summed E-state index contributed by atoms with van der Waals surface area (Å²) in [5, 5.41) is 10.0. The Morgan fingerprint density at radius 2 is 1.64 bits per heavy atom. The van der Waals surface area contributed by atoms with Crippen LogP contribution in [0.2, 0.25) is 5.02 Å². The second-order valence-corrected chi connectivity index (χ2v) is 6.53. The summed E-state index contributed by atoms with van der Waals surface area (Å²) >= 11 is 6.19. The molecule has 138 valence electrons.